The maximum atomic E-state index is 11.9. The molecular weight excluding hydrogens is 250 g/mol. The van der Waals surface area contributed by atoms with Crippen LogP contribution in [0.15, 0.2) is 36.4 Å². The van der Waals surface area contributed by atoms with Gasteiger partial charge >= 0.3 is 0 Å². The minimum Gasteiger partial charge on any atom is -0.342 e. The Hall–Kier alpha value is -2.10. The van der Waals surface area contributed by atoms with Crippen LogP contribution in [0.3, 0.4) is 0 Å². The number of piperidine rings is 1. The van der Waals surface area contributed by atoms with Crippen molar-refractivity contribution in [1.29, 1.82) is 0 Å². The van der Waals surface area contributed by atoms with Gasteiger partial charge in [0.05, 0.1) is 11.0 Å². The second-order valence-corrected chi connectivity index (χ2v) is 5.49. The third kappa shape index (κ3) is 2.33. The van der Waals surface area contributed by atoms with Crippen molar-refractivity contribution in [2.45, 2.75) is 25.7 Å². The van der Waals surface area contributed by atoms with E-state index in [-0.39, 0.29) is 5.91 Å². The van der Waals surface area contributed by atoms with Crippen molar-refractivity contribution in [3.63, 3.8) is 0 Å². The molecule has 1 fully saturated rings. The Labute approximate surface area is 118 Å². The van der Waals surface area contributed by atoms with E-state index in [1.54, 1.807) is 6.92 Å². The summed E-state index contributed by atoms with van der Waals surface area (Å²) in [6.07, 6.45) is 1.91. The molecule has 1 saturated heterocycles. The second kappa shape index (κ2) is 5.12. The average molecular weight is 269 g/mol. The SMILES string of the molecule is C=C(C)C(=O)N1CCC(c2nc3ccccc3[nH]2)CC1. The van der Waals surface area contributed by atoms with E-state index in [0.29, 0.717) is 11.5 Å². The second-order valence-electron chi connectivity index (χ2n) is 5.49. The lowest BCUT2D eigenvalue weighted by atomic mass is 9.96. The van der Waals surface area contributed by atoms with Gasteiger partial charge in [-0.05, 0) is 31.9 Å². The van der Waals surface area contributed by atoms with Crippen molar-refractivity contribution in [2.75, 3.05) is 13.1 Å². The summed E-state index contributed by atoms with van der Waals surface area (Å²) in [7, 11) is 0. The number of likely N-dealkylation sites (tertiary alicyclic amines) is 1. The molecule has 1 aromatic carbocycles. The number of para-hydroxylation sites is 2. The molecule has 20 heavy (non-hydrogen) atoms. The van der Waals surface area contributed by atoms with E-state index >= 15 is 0 Å². The van der Waals surface area contributed by atoms with Crippen molar-refractivity contribution in [2.24, 2.45) is 0 Å². The van der Waals surface area contributed by atoms with Crippen LogP contribution in [0.2, 0.25) is 0 Å². The molecule has 0 atom stereocenters. The highest BCUT2D eigenvalue weighted by Gasteiger charge is 2.25. The first-order valence-corrected chi connectivity index (χ1v) is 7.04. The van der Waals surface area contributed by atoms with Gasteiger partial charge in [-0.3, -0.25) is 4.79 Å². The number of benzene rings is 1. The molecule has 3 rings (SSSR count). The van der Waals surface area contributed by atoms with E-state index in [2.05, 4.69) is 16.5 Å². The fourth-order valence-corrected chi connectivity index (χ4v) is 2.79. The number of hydrogen-bond donors (Lipinski definition) is 1. The molecule has 0 unspecified atom stereocenters. The molecule has 0 spiro atoms. The summed E-state index contributed by atoms with van der Waals surface area (Å²) in [5.74, 6) is 1.54. The number of fused-ring (bicyclic) bond motifs is 1. The van der Waals surface area contributed by atoms with Gasteiger partial charge in [0.2, 0.25) is 5.91 Å². The molecule has 0 radical (unpaired) electrons. The van der Waals surface area contributed by atoms with Crippen LogP contribution in [0.25, 0.3) is 11.0 Å². The molecular formula is C16H19N3O. The zero-order valence-corrected chi connectivity index (χ0v) is 11.7. The minimum absolute atomic E-state index is 0.0769. The van der Waals surface area contributed by atoms with Crippen LogP contribution in [0, 0.1) is 0 Å². The summed E-state index contributed by atoms with van der Waals surface area (Å²) in [5.41, 5.74) is 2.72. The van der Waals surface area contributed by atoms with E-state index < -0.39 is 0 Å². The summed E-state index contributed by atoms with van der Waals surface area (Å²) in [5, 5.41) is 0. The molecule has 104 valence electrons. The van der Waals surface area contributed by atoms with Crippen LogP contribution in [0.4, 0.5) is 0 Å². The Morgan fingerprint density at radius 2 is 2.05 bits per heavy atom. The minimum atomic E-state index is 0.0769. The number of aromatic amines is 1. The quantitative estimate of drug-likeness (QED) is 0.852. The Balaban J connectivity index is 1.71. The highest BCUT2D eigenvalue weighted by atomic mass is 16.2. The molecule has 1 N–H and O–H groups in total. The average Bonchev–Trinajstić information content (AvgIpc) is 2.90. The van der Waals surface area contributed by atoms with E-state index in [1.807, 2.05) is 29.2 Å². The van der Waals surface area contributed by atoms with Crippen LogP contribution in [0.1, 0.15) is 31.5 Å². The fraction of sp³-hybridized carbons (Fsp3) is 0.375. The van der Waals surface area contributed by atoms with Crippen LogP contribution >= 0.6 is 0 Å². The number of H-pyrrole nitrogens is 1. The predicted octanol–water partition coefficient (Wildman–Crippen LogP) is 2.85. The van der Waals surface area contributed by atoms with Crippen molar-refractivity contribution >= 4 is 16.9 Å². The molecule has 1 aromatic heterocycles. The van der Waals surface area contributed by atoms with Gasteiger partial charge in [-0.25, -0.2) is 4.98 Å². The van der Waals surface area contributed by atoms with Gasteiger partial charge in [-0.1, -0.05) is 18.7 Å². The molecule has 0 bridgehead atoms. The molecule has 0 saturated carbocycles. The standard InChI is InChI=1S/C16H19N3O/c1-11(2)16(20)19-9-7-12(8-10-19)15-17-13-5-3-4-6-14(13)18-15/h3-6,12H,1,7-10H2,2H3,(H,17,18). The lowest BCUT2D eigenvalue weighted by Gasteiger charge is -2.31. The van der Waals surface area contributed by atoms with E-state index in [4.69, 9.17) is 0 Å². The molecule has 0 aliphatic carbocycles. The summed E-state index contributed by atoms with van der Waals surface area (Å²) < 4.78 is 0. The zero-order valence-electron chi connectivity index (χ0n) is 11.7. The normalized spacial score (nSPS) is 16.6. The van der Waals surface area contributed by atoms with Gasteiger partial charge in [-0.15, -0.1) is 0 Å². The first-order valence-electron chi connectivity index (χ1n) is 7.04. The van der Waals surface area contributed by atoms with E-state index in [1.165, 1.54) is 0 Å². The van der Waals surface area contributed by atoms with E-state index in [9.17, 15) is 4.79 Å². The number of imidazole rings is 1. The molecule has 4 nitrogen and oxygen atoms in total. The monoisotopic (exact) mass is 269 g/mol. The summed E-state index contributed by atoms with van der Waals surface area (Å²) in [6.45, 7) is 7.07. The van der Waals surface area contributed by atoms with Gasteiger partial charge in [-0.2, -0.15) is 0 Å². The van der Waals surface area contributed by atoms with Gasteiger partial charge in [0, 0.05) is 24.6 Å². The largest absolute Gasteiger partial charge is 0.342 e. The highest BCUT2D eigenvalue weighted by molar-refractivity contribution is 5.92. The third-order valence-corrected chi connectivity index (χ3v) is 3.94. The molecule has 1 amide bonds. The number of aromatic nitrogens is 2. The van der Waals surface area contributed by atoms with Crippen LogP contribution in [-0.2, 0) is 4.79 Å². The number of nitrogens with zero attached hydrogens (tertiary/aromatic N) is 2. The predicted molar refractivity (Wildman–Crippen MR) is 79.5 cm³/mol. The smallest absolute Gasteiger partial charge is 0.248 e. The Bertz CT molecular complexity index is 618. The first kappa shape index (κ1) is 12.9. The third-order valence-electron chi connectivity index (χ3n) is 3.94. The number of carbonyl (C=O) groups excluding carboxylic acids is 1. The lowest BCUT2D eigenvalue weighted by Crippen LogP contribution is -2.38. The first-order chi connectivity index (χ1) is 9.65. The Morgan fingerprint density at radius 1 is 1.35 bits per heavy atom. The van der Waals surface area contributed by atoms with Crippen molar-refractivity contribution in [1.82, 2.24) is 14.9 Å². The number of amides is 1. The van der Waals surface area contributed by atoms with E-state index in [0.717, 1.165) is 42.8 Å². The van der Waals surface area contributed by atoms with Crippen molar-refractivity contribution < 1.29 is 4.79 Å². The maximum absolute atomic E-state index is 11.9. The topological polar surface area (TPSA) is 49.0 Å². The lowest BCUT2D eigenvalue weighted by molar-refractivity contribution is -0.128. The Kier molecular flexibility index (Phi) is 3.30. The van der Waals surface area contributed by atoms with Gasteiger partial charge in [0.25, 0.3) is 0 Å². The fourth-order valence-electron chi connectivity index (χ4n) is 2.79. The molecule has 1 aliphatic rings. The van der Waals surface area contributed by atoms with Crippen LogP contribution in [0.5, 0.6) is 0 Å². The van der Waals surface area contributed by atoms with Crippen LogP contribution < -0.4 is 0 Å². The summed E-state index contributed by atoms with van der Waals surface area (Å²) in [6, 6.07) is 8.08. The summed E-state index contributed by atoms with van der Waals surface area (Å²) in [4.78, 5) is 21.8. The van der Waals surface area contributed by atoms with Crippen molar-refractivity contribution in [3.8, 4) is 0 Å². The van der Waals surface area contributed by atoms with Gasteiger partial charge < -0.3 is 9.88 Å². The molecule has 2 heterocycles. The van der Waals surface area contributed by atoms with Gasteiger partial charge in [0.15, 0.2) is 0 Å². The number of nitrogens with one attached hydrogen (secondary N) is 1. The number of rotatable bonds is 2. The Morgan fingerprint density at radius 3 is 2.70 bits per heavy atom. The molecule has 4 heteroatoms. The zero-order chi connectivity index (χ0) is 14.1. The summed E-state index contributed by atoms with van der Waals surface area (Å²) >= 11 is 0. The highest BCUT2D eigenvalue weighted by Crippen LogP contribution is 2.28. The van der Waals surface area contributed by atoms with Crippen LogP contribution in [-0.4, -0.2) is 33.9 Å². The molecule has 1 aliphatic heterocycles. The number of hydrogen-bond acceptors (Lipinski definition) is 2. The number of carbonyl (C=O) groups is 1. The molecule has 2 aromatic rings. The van der Waals surface area contributed by atoms with Crippen molar-refractivity contribution in [3.05, 3.63) is 42.2 Å². The van der Waals surface area contributed by atoms with Gasteiger partial charge in [0.1, 0.15) is 5.82 Å². The maximum Gasteiger partial charge on any atom is 0.248 e.